The molecule has 47 heavy (non-hydrogen) atoms. The number of benzene rings is 3. The minimum atomic E-state index is -3.92. The number of rotatable bonds is 11. The van der Waals surface area contributed by atoms with Crippen molar-refractivity contribution in [2.75, 3.05) is 10.8 Å². The molecule has 1 aromatic heterocycles. The second-order valence-electron chi connectivity index (χ2n) is 12.4. The average molecular weight is 700 g/mol. The summed E-state index contributed by atoms with van der Waals surface area (Å²) in [5.74, 6) is -0.545. The van der Waals surface area contributed by atoms with Crippen LogP contribution in [0, 0.1) is 11.7 Å². The fraction of sp³-hybridized carbons (Fsp3) is 0.394. The predicted octanol–water partition coefficient (Wildman–Crippen LogP) is 5.69. The highest BCUT2D eigenvalue weighted by Crippen LogP contribution is 2.49. The lowest BCUT2D eigenvalue weighted by molar-refractivity contribution is -0.180. The van der Waals surface area contributed by atoms with Gasteiger partial charge in [0.2, 0.25) is 10.0 Å². The van der Waals surface area contributed by atoms with Crippen LogP contribution in [0.3, 0.4) is 0 Å². The van der Waals surface area contributed by atoms with E-state index in [1.54, 1.807) is 42.3 Å². The van der Waals surface area contributed by atoms with Gasteiger partial charge in [0.25, 0.3) is 5.91 Å². The van der Waals surface area contributed by atoms with E-state index in [1.165, 1.54) is 27.2 Å². The number of amides is 1. The highest BCUT2D eigenvalue weighted by Gasteiger charge is 2.52. The zero-order valence-electron chi connectivity index (χ0n) is 25.5. The Kier molecular flexibility index (Phi) is 8.71. The zero-order valence-corrected chi connectivity index (χ0v) is 27.8. The van der Waals surface area contributed by atoms with Gasteiger partial charge in [-0.3, -0.25) is 9.10 Å². The number of sulfonamides is 1. The Morgan fingerprint density at radius 3 is 2.36 bits per heavy atom. The molecule has 4 atom stereocenters. The van der Waals surface area contributed by atoms with Crippen LogP contribution in [0.25, 0.3) is 0 Å². The SMILES string of the molecule is Cn1nnnc1C[C@H]1O[C@H](c2cccc(Cl)c2)[C@@H](c2ccc(Cl)cc2)N([C@H](CN(c2ccccc2F)S(=O)(=O)C2CC2)C2CC2)C1=O. The van der Waals surface area contributed by atoms with Crippen molar-refractivity contribution in [3.8, 4) is 0 Å². The molecule has 14 heteroatoms. The number of aryl methyl sites for hydroxylation is 1. The van der Waals surface area contributed by atoms with Crippen LogP contribution in [0.15, 0.2) is 72.8 Å². The van der Waals surface area contributed by atoms with E-state index in [-0.39, 0.29) is 30.5 Å². The van der Waals surface area contributed by atoms with Gasteiger partial charge in [-0.1, -0.05) is 59.6 Å². The van der Waals surface area contributed by atoms with Crippen LogP contribution in [0.4, 0.5) is 10.1 Å². The summed E-state index contributed by atoms with van der Waals surface area (Å²) >= 11 is 12.8. The first-order valence-electron chi connectivity index (χ1n) is 15.6. The maximum absolute atomic E-state index is 15.4. The lowest BCUT2D eigenvalue weighted by Gasteiger charge is -2.49. The van der Waals surface area contributed by atoms with E-state index in [2.05, 4.69) is 15.5 Å². The van der Waals surface area contributed by atoms with Gasteiger partial charge in [-0.2, -0.15) is 0 Å². The molecule has 3 aromatic carbocycles. The third kappa shape index (κ3) is 6.48. The second-order valence-corrected chi connectivity index (χ2v) is 15.4. The summed E-state index contributed by atoms with van der Waals surface area (Å²) in [5.41, 5.74) is 1.46. The van der Waals surface area contributed by atoms with E-state index in [9.17, 15) is 13.2 Å². The number of nitrogens with zero attached hydrogens (tertiary/aromatic N) is 6. The fourth-order valence-corrected chi connectivity index (χ4v) is 8.64. The van der Waals surface area contributed by atoms with Crippen molar-refractivity contribution in [3.05, 3.63) is 106 Å². The Hall–Kier alpha value is -3.58. The van der Waals surface area contributed by atoms with E-state index in [0.717, 1.165) is 24.0 Å². The monoisotopic (exact) mass is 698 g/mol. The first kappa shape index (κ1) is 32.0. The molecule has 3 aliphatic rings. The van der Waals surface area contributed by atoms with Gasteiger partial charge < -0.3 is 9.64 Å². The molecule has 0 spiro atoms. The lowest BCUT2D eigenvalue weighted by Crippen LogP contribution is -2.59. The van der Waals surface area contributed by atoms with E-state index in [1.807, 2.05) is 24.3 Å². The summed E-state index contributed by atoms with van der Waals surface area (Å²) in [4.78, 5) is 16.6. The Bertz CT molecular complexity index is 1890. The molecule has 2 aliphatic carbocycles. The standard InChI is InChI=1S/C33H33Cl2FN6O4S/c1-40-30(37-38-39-40)18-29-33(43)42(31(21-11-13-23(34)14-12-21)32(46-29)22-5-4-6-24(35)17-22)28(20-9-10-20)19-41(47(44,45)25-15-16-25)27-8-3-2-7-26(27)36/h2-8,11-14,17,20,25,28-29,31-32H,9-10,15-16,18-19H2,1H3/t28-,29-,31-,32-/m1/s1. The van der Waals surface area contributed by atoms with Crippen LogP contribution < -0.4 is 4.31 Å². The topological polar surface area (TPSA) is 111 Å². The molecule has 246 valence electrons. The maximum Gasteiger partial charge on any atom is 0.253 e. The van der Waals surface area contributed by atoms with Crippen molar-refractivity contribution in [2.45, 2.75) is 61.6 Å². The highest BCUT2D eigenvalue weighted by atomic mass is 35.5. The molecule has 1 aliphatic heterocycles. The van der Waals surface area contributed by atoms with Crippen molar-refractivity contribution in [1.29, 1.82) is 0 Å². The van der Waals surface area contributed by atoms with Gasteiger partial charge in [0.05, 0.1) is 29.6 Å². The second kappa shape index (κ2) is 12.8. The number of ether oxygens (including phenoxy) is 1. The van der Waals surface area contributed by atoms with Gasteiger partial charge in [0, 0.05) is 23.5 Å². The van der Waals surface area contributed by atoms with Crippen LogP contribution >= 0.6 is 23.2 Å². The Morgan fingerprint density at radius 2 is 1.72 bits per heavy atom. The van der Waals surface area contributed by atoms with Crippen molar-refractivity contribution in [2.24, 2.45) is 13.0 Å². The molecule has 3 fully saturated rings. The van der Waals surface area contributed by atoms with Crippen molar-refractivity contribution >= 4 is 44.8 Å². The average Bonchev–Trinajstić information content (AvgIpc) is 3.98. The maximum atomic E-state index is 15.4. The number of morpholine rings is 1. The fourth-order valence-electron chi connectivity index (χ4n) is 6.44. The number of hydrogen-bond donors (Lipinski definition) is 0. The summed E-state index contributed by atoms with van der Waals surface area (Å²) in [6.07, 6.45) is 0.968. The summed E-state index contributed by atoms with van der Waals surface area (Å²) in [7, 11) is -2.23. The Balaban J connectivity index is 1.38. The number of carbonyl (C=O) groups is 1. The van der Waals surface area contributed by atoms with E-state index >= 15 is 4.39 Å². The van der Waals surface area contributed by atoms with Crippen LogP contribution in [-0.2, 0) is 33.0 Å². The molecule has 0 bridgehead atoms. The molecule has 10 nitrogen and oxygen atoms in total. The first-order chi connectivity index (χ1) is 22.6. The summed E-state index contributed by atoms with van der Waals surface area (Å²) in [5, 5.41) is 12.2. The van der Waals surface area contributed by atoms with Crippen molar-refractivity contribution < 1.29 is 22.3 Å². The van der Waals surface area contributed by atoms with E-state index < -0.39 is 45.4 Å². The molecule has 0 unspecified atom stereocenters. The molecule has 1 amide bonds. The molecule has 2 heterocycles. The number of halogens is 3. The smallest absolute Gasteiger partial charge is 0.253 e. The largest absolute Gasteiger partial charge is 0.357 e. The summed E-state index contributed by atoms with van der Waals surface area (Å²) in [6.45, 7) is -0.110. The molecule has 1 saturated heterocycles. The molecule has 7 rings (SSSR count). The summed E-state index contributed by atoms with van der Waals surface area (Å²) < 4.78 is 52.8. The minimum Gasteiger partial charge on any atom is -0.357 e. The van der Waals surface area contributed by atoms with Crippen LogP contribution in [0.2, 0.25) is 10.0 Å². The number of para-hydroxylation sites is 1. The normalized spacial score (nSPS) is 22.3. The minimum absolute atomic E-state index is 0.0207. The molecule has 0 N–H and O–H groups in total. The van der Waals surface area contributed by atoms with E-state index in [0.29, 0.717) is 28.7 Å². The third-order valence-corrected chi connectivity index (χ3v) is 11.9. The van der Waals surface area contributed by atoms with E-state index in [4.69, 9.17) is 27.9 Å². The molecule has 2 saturated carbocycles. The van der Waals surface area contributed by atoms with Gasteiger partial charge in [-0.25, -0.2) is 17.5 Å². The number of aromatic nitrogens is 4. The quantitative estimate of drug-likeness (QED) is 0.198. The number of hydrogen-bond acceptors (Lipinski definition) is 7. The van der Waals surface area contributed by atoms with Gasteiger partial charge in [0.15, 0.2) is 5.82 Å². The van der Waals surface area contributed by atoms with Crippen LogP contribution in [0.1, 0.15) is 54.8 Å². The molecule has 0 radical (unpaired) electrons. The van der Waals surface area contributed by atoms with Gasteiger partial charge in [0.1, 0.15) is 18.0 Å². The third-order valence-electron chi connectivity index (χ3n) is 9.14. The zero-order chi connectivity index (χ0) is 32.9. The van der Waals surface area contributed by atoms with Crippen molar-refractivity contribution in [1.82, 2.24) is 25.1 Å². The Labute approximate surface area is 282 Å². The Morgan fingerprint density at radius 1 is 0.979 bits per heavy atom. The van der Waals surface area contributed by atoms with Gasteiger partial charge >= 0.3 is 0 Å². The van der Waals surface area contributed by atoms with Crippen LogP contribution in [0.5, 0.6) is 0 Å². The highest BCUT2D eigenvalue weighted by molar-refractivity contribution is 7.93. The predicted molar refractivity (Wildman–Crippen MR) is 175 cm³/mol. The lowest BCUT2D eigenvalue weighted by atomic mass is 9.89. The number of tetrazole rings is 1. The molecular formula is C33H33Cl2FN6O4S. The molecular weight excluding hydrogens is 666 g/mol. The van der Waals surface area contributed by atoms with Gasteiger partial charge in [-0.05, 0) is 89.6 Å². The first-order valence-corrected chi connectivity index (χ1v) is 17.8. The summed E-state index contributed by atoms with van der Waals surface area (Å²) in [6, 6.07) is 19.1. The van der Waals surface area contributed by atoms with Crippen LogP contribution in [-0.4, -0.2) is 63.4 Å². The van der Waals surface area contributed by atoms with Gasteiger partial charge in [-0.15, -0.1) is 5.10 Å². The number of carbonyl (C=O) groups excluding carboxylic acids is 1. The number of anilines is 1. The molecule has 4 aromatic rings. The van der Waals surface area contributed by atoms with Crippen molar-refractivity contribution in [3.63, 3.8) is 0 Å².